The average molecular weight is 259 g/mol. The Kier molecular flexibility index (Phi) is 5.97. The van der Waals surface area contributed by atoms with Gasteiger partial charge >= 0.3 is 11.9 Å². The van der Waals surface area contributed by atoms with Gasteiger partial charge in [-0.25, -0.2) is 0 Å². The number of carbonyl (C=O) groups is 3. The first-order chi connectivity index (χ1) is 8.08. The second-order valence-electron chi connectivity index (χ2n) is 5.19. The minimum absolute atomic E-state index is 0.0769. The molecule has 2 atom stereocenters. The molecule has 104 valence electrons. The first-order valence-electron chi connectivity index (χ1n) is 5.73. The Morgan fingerprint density at radius 3 is 2.00 bits per heavy atom. The third-order valence-corrected chi connectivity index (χ3v) is 2.37. The Morgan fingerprint density at radius 2 is 1.72 bits per heavy atom. The van der Waals surface area contributed by atoms with Crippen LogP contribution in [0.15, 0.2) is 0 Å². The minimum Gasteiger partial charge on any atom is -0.481 e. The van der Waals surface area contributed by atoms with Crippen molar-refractivity contribution in [2.24, 2.45) is 17.6 Å². The fourth-order valence-electron chi connectivity index (χ4n) is 1.57. The highest BCUT2D eigenvalue weighted by Crippen LogP contribution is 2.21. The Balaban J connectivity index is 5.03. The number of carbonyl (C=O) groups excluding carboxylic acids is 2. The van der Waals surface area contributed by atoms with Crippen molar-refractivity contribution >= 4 is 17.7 Å². The third kappa shape index (κ3) is 5.77. The van der Waals surface area contributed by atoms with Crippen LogP contribution in [0.3, 0.4) is 0 Å². The summed E-state index contributed by atoms with van der Waals surface area (Å²) in [6, 6.07) is 0. The number of carboxylic acids is 1. The first kappa shape index (κ1) is 16.6. The standard InChI is InChI=1S/C12H21NO5/c1-7(14)9(6-13)8(5-10(15)16)11(17)18-12(2,3)4/h8-9H,5-6,13H2,1-4H3,(H,15,16). The molecule has 3 N–H and O–H groups in total. The van der Waals surface area contributed by atoms with Crippen LogP contribution in [-0.2, 0) is 19.1 Å². The van der Waals surface area contributed by atoms with Crippen molar-refractivity contribution in [2.45, 2.75) is 39.7 Å². The van der Waals surface area contributed by atoms with Crippen LogP contribution in [0.2, 0.25) is 0 Å². The van der Waals surface area contributed by atoms with Gasteiger partial charge in [-0.3, -0.25) is 14.4 Å². The van der Waals surface area contributed by atoms with Crippen LogP contribution in [0.4, 0.5) is 0 Å². The normalized spacial score (nSPS) is 14.7. The Morgan fingerprint density at radius 1 is 1.22 bits per heavy atom. The van der Waals surface area contributed by atoms with Gasteiger partial charge in [0, 0.05) is 12.5 Å². The molecule has 0 amide bonds. The summed E-state index contributed by atoms with van der Waals surface area (Å²) in [4.78, 5) is 34.1. The van der Waals surface area contributed by atoms with Crippen LogP contribution >= 0.6 is 0 Å². The number of ketones is 1. The maximum Gasteiger partial charge on any atom is 0.310 e. The van der Waals surface area contributed by atoms with Gasteiger partial charge in [0.1, 0.15) is 11.4 Å². The maximum atomic E-state index is 11.9. The lowest BCUT2D eigenvalue weighted by molar-refractivity contribution is -0.166. The molecule has 0 aromatic carbocycles. The van der Waals surface area contributed by atoms with E-state index in [1.165, 1.54) is 6.92 Å². The van der Waals surface area contributed by atoms with Crippen molar-refractivity contribution in [1.29, 1.82) is 0 Å². The molecule has 2 unspecified atom stereocenters. The van der Waals surface area contributed by atoms with Gasteiger partial charge in [0.05, 0.1) is 12.3 Å². The highest BCUT2D eigenvalue weighted by atomic mass is 16.6. The summed E-state index contributed by atoms with van der Waals surface area (Å²) in [6.45, 7) is 6.24. The topological polar surface area (TPSA) is 107 Å². The van der Waals surface area contributed by atoms with E-state index in [2.05, 4.69) is 0 Å². The largest absolute Gasteiger partial charge is 0.481 e. The van der Waals surface area contributed by atoms with Crippen LogP contribution in [0.25, 0.3) is 0 Å². The fraction of sp³-hybridized carbons (Fsp3) is 0.750. The molecule has 0 heterocycles. The predicted molar refractivity (Wildman–Crippen MR) is 64.8 cm³/mol. The van der Waals surface area contributed by atoms with Crippen LogP contribution in [0.5, 0.6) is 0 Å². The average Bonchev–Trinajstić information content (AvgIpc) is 2.13. The Bertz CT molecular complexity index is 332. The van der Waals surface area contributed by atoms with Gasteiger partial charge in [-0.15, -0.1) is 0 Å². The van der Waals surface area contributed by atoms with Gasteiger partial charge in [0.25, 0.3) is 0 Å². The van der Waals surface area contributed by atoms with Crippen molar-refractivity contribution in [3.63, 3.8) is 0 Å². The van der Waals surface area contributed by atoms with E-state index >= 15 is 0 Å². The van der Waals surface area contributed by atoms with Crippen molar-refractivity contribution < 1.29 is 24.2 Å². The van der Waals surface area contributed by atoms with E-state index in [1.54, 1.807) is 20.8 Å². The molecule has 0 aliphatic rings. The molecule has 0 aliphatic heterocycles. The van der Waals surface area contributed by atoms with Crippen molar-refractivity contribution in [1.82, 2.24) is 0 Å². The molecule has 0 rings (SSSR count). The Labute approximate surface area is 106 Å². The van der Waals surface area contributed by atoms with E-state index < -0.39 is 35.8 Å². The molecule has 0 aromatic rings. The molecule has 0 aromatic heterocycles. The molecule has 18 heavy (non-hydrogen) atoms. The highest BCUT2D eigenvalue weighted by molar-refractivity contribution is 5.88. The zero-order chi connectivity index (χ0) is 14.5. The summed E-state index contributed by atoms with van der Waals surface area (Å²) < 4.78 is 5.12. The first-order valence-corrected chi connectivity index (χ1v) is 5.73. The summed E-state index contributed by atoms with van der Waals surface area (Å²) in [5.41, 5.74) is 4.70. The number of nitrogens with two attached hydrogens (primary N) is 1. The molecule has 0 saturated carbocycles. The van der Waals surface area contributed by atoms with Crippen molar-refractivity contribution in [2.75, 3.05) is 6.54 Å². The van der Waals surface area contributed by atoms with Crippen LogP contribution in [0.1, 0.15) is 34.1 Å². The zero-order valence-corrected chi connectivity index (χ0v) is 11.2. The molecule has 0 bridgehead atoms. The molecule has 0 spiro atoms. The number of hydrogen-bond donors (Lipinski definition) is 2. The molecule has 0 fully saturated rings. The van der Waals surface area contributed by atoms with Crippen molar-refractivity contribution in [3.05, 3.63) is 0 Å². The van der Waals surface area contributed by atoms with Gasteiger partial charge in [-0.2, -0.15) is 0 Å². The molecule has 6 heteroatoms. The summed E-state index contributed by atoms with van der Waals surface area (Å²) in [6.07, 6.45) is -0.462. The van der Waals surface area contributed by atoms with Gasteiger partial charge < -0.3 is 15.6 Å². The second kappa shape index (κ2) is 6.49. The predicted octanol–water partition coefficient (Wildman–Crippen LogP) is 0.583. The number of esters is 1. The fourth-order valence-corrected chi connectivity index (χ4v) is 1.57. The van der Waals surface area contributed by atoms with Crippen molar-refractivity contribution in [3.8, 4) is 0 Å². The number of aliphatic carboxylic acids is 1. The number of carboxylic acid groups (broad SMARTS) is 1. The van der Waals surface area contributed by atoms with E-state index in [4.69, 9.17) is 15.6 Å². The molecule has 0 radical (unpaired) electrons. The number of Topliss-reactive ketones (excluding diaryl/α,β-unsaturated/α-hetero) is 1. The van der Waals surface area contributed by atoms with Crippen LogP contribution in [0, 0.1) is 11.8 Å². The molecule has 6 nitrogen and oxygen atoms in total. The molecule has 0 saturated heterocycles. The van der Waals surface area contributed by atoms with Gasteiger partial charge in [0.15, 0.2) is 0 Å². The summed E-state index contributed by atoms with van der Waals surface area (Å²) >= 11 is 0. The van der Waals surface area contributed by atoms with E-state index in [0.717, 1.165) is 0 Å². The van der Waals surface area contributed by atoms with Crippen LogP contribution in [-0.4, -0.2) is 35.0 Å². The monoisotopic (exact) mass is 259 g/mol. The summed E-state index contributed by atoms with van der Waals surface area (Å²) in [7, 11) is 0. The lowest BCUT2D eigenvalue weighted by Gasteiger charge is -2.26. The second-order valence-corrected chi connectivity index (χ2v) is 5.19. The third-order valence-electron chi connectivity index (χ3n) is 2.37. The van der Waals surface area contributed by atoms with E-state index in [9.17, 15) is 14.4 Å². The van der Waals surface area contributed by atoms with E-state index in [1.807, 2.05) is 0 Å². The quantitative estimate of drug-likeness (QED) is 0.676. The SMILES string of the molecule is CC(=O)C(CN)C(CC(=O)O)C(=O)OC(C)(C)C. The zero-order valence-electron chi connectivity index (χ0n) is 11.2. The van der Waals surface area contributed by atoms with Gasteiger partial charge in [-0.05, 0) is 27.7 Å². The highest BCUT2D eigenvalue weighted by Gasteiger charge is 2.35. The lowest BCUT2D eigenvalue weighted by Crippen LogP contribution is -2.39. The van der Waals surface area contributed by atoms with E-state index in [0.29, 0.717) is 0 Å². The lowest BCUT2D eigenvalue weighted by atomic mass is 9.86. The minimum atomic E-state index is -1.16. The van der Waals surface area contributed by atoms with E-state index in [-0.39, 0.29) is 12.3 Å². The maximum absolute atomic E-state index is 11.9. The summed E-state index contributed by atoms with van der Waals surface area (Å²) in [5.74, 6) is -4.03. The summed E-state index contributed by atoms with van der Waals surface area (Å²) in [5, 5.41) is 8.80. The molecule has 0 aliphatic carbocycles. The van der Waals surface area contributed by atoms with Gasteiger partial charge in [-0.1, -0.05) is 0 Å². The van der Waals surface area contributed by atoms with Crippen LogP contribution < -0.4 is 5.73 Å². The smallest absolute Gasteiger partial charge is 0.310 e. The molecular weight excluding hydrogens is 238 g/mol. The number of ether oxygens (including phenoxy) is 1. The van der Waals surface area contributed by atoms with Gasteiger partial charge in [0.2, 0.25) is 0 Å². The molecular formula is C12H21NO5. The number of rotatable bonds is 6. The number of hydrogen-bond acceptors (Lipinski definition) is 5. The Hall–Kier alpha value is -1.43.